The number of rotatable bonds is 5. The number of halogens is 1. The third-order valence-electron chi connectivity index (χ3n) is 3.23. The van der Waals surface area contributed by atoms with Crippen molar-refractivity contribution in [3.8, 4) is 0 Å². The van der Waals surface area contributed by atoms with Gasteiger partial charge in [0.1, 0.15) is 0 Å². The minimum Gasteiger partial charge on any atom is -0.371 e. The highest BCUT2D eigenvalue weighted by Gasteiger charge is 2.06. The van der Waals surface area contributed by atoms with Crippen LogP contribution in [0.4, 0.5) is 21.8 Å². The van der Waals surface area contributed by atoms with Crippen LogP contribution in [-0.2, 0) is 11.3 Å². The Balaban J connectivity index is 2.01. The largest absolute Gasteiger partial charge is 0.371 e. The van der Waals surface area contributed by atoms with Gasteiger partial charge in [0.2, 0.25) is 11.9 Å². The second-order valence-corrected chi connectivity index (χ2v) is 4.74. The Morgan fingerprint density at radius 2 is 2.00 bits per heavy atom. The first kappa shape index (κ1) is 15.7. The average Bonchev–Trinajstić information content (AvgIpc) is 2.53. The van der Waals surface area contributed by atoms with E-state index >= 15 is 0 Å². The van der Waals surface area contributed by atoms with Crippen molar-refractivity contribution >= 4 is 23.4 Å². The van der Waals surface area contributed by atoms with Crippen LogP contribution in [0.1, 0.15) is 12.5 Å². The third-order valence-corrected chi connectivity index (χ3v) is 3.23. The Morgan fingerprint density at radius 3 is 2.59 bits per heavy atom. The summed E-state index contributed by atoms with van der Waals surface area (Å²) in [5.74, 6) is -0.0264. The van der Waals surface area contributed by atoms with Gasteiger partial charge in [0.05, 0.1) is 6.20 Å². The maximum atomic E-state index is 13.3. The van der Waals surface area contributed by atoms with Gasteiger partial charge in [0.25, 0.3) is 0 Å². The minimum atomic E-state index is -0.496. The molecule has 1 aromatic carbocycles. The molecule has 0 aliphatic heterocycles. The molecule has 0 aliphatic carbocycles. The van der Waals surface area contributed by atoms with Crippen molar-refractivity contribution in [2.75, 3.05) is 29.6 Å². The van der Waals surface area contributed by atoms with Gasteiger partial charge in [-0.1, -0.05) is 12.1 Å². The van der Waals surface area contributed by atoms with E-state index in [2.05, 4.69) is 20.6 Å². The summed E-state index contributed by atoms with van der Waals surface area (Å²) in [7, 11) is 3.32. The summed E-state index contributed by atoms with van der Waals surface area (Å²) in [6.45, 7) is 2.01. The molecule has 1 amide bonds. The van der Waals surface area contributed by atoms with E-state index in [4.69, 9.17) is 0 Å². The van der Waals surface area contributed by atoms with Crippen LogP contribution in [0.5, 0.6) is 0 Å². The van der Waals surface area contributed by atoms with Crippen molar-refractivity contribution in [3.05, 3.63) is 41.8 Å². The van der Waals surface area contributed by atoms with Crippen molar-refractivity contribution in [1.29, 1.82) is 0 Å². The van der Waals surface area contributed by atoms with Gasteiger partial charge >= 0.3 is 0 Å². The van der Waals surface area contributed by atoms with Crippen LogP contribution < -0.4 is 15.5 Å². The van der Waals surface area contributed by atoms with E-state index in [9.17, 15) is 9.18 Å². The van der Waals surface area contributed by atoms with E-state index in [0.717, 1.165) is 17.4 Å². The van der Waals surface area contributed by atoms with Crippen molar-refractivity contribution in [2.24, 2.45) is 0 Å². The zero-order chi connectivity index (χ0) is 16.1. The van der Waals surface area contributed by atoms with Crippen LogP contribution in [-0.4, -0.2) is 30.0 Å². The molecule has 1 aromatic heterocycles. The van der Waals surface area contributed by atoms with E-state index in [1.54, 1.807) is 19.0 Å². The van der Waals surface area contributed by atoms with Gasteiger partial charge in [-0.05, 0) is 17.7 Å². The van der Waals surface area contributed by atoms with E-state index in [1.165, 1.54) is 6.92 Å². The molecule has 0 spiro atoms. The second-order valence-electron chi connectivity index (χ2n) is 4.74. The standard InChI is InChI=1S/C15H18FN5O/c1-10(22)21(3)12-6-4-11(5-7-12)8-18-15-19-9-13(16)14(17-2)20-15/h4-7,9H,8H2,1-3H3,(H2,17,18,19,20). The number of amides is 1. The molecule has 1 heterocycles. The smallest absolute Gasteiger partial charge is 0.225 e. The van der Waals surface area contributed by atoms with E-state index < -0.39 is 5.82 Å². The fraction of sp³-hybridized carbons (Fsp3) is 0.267. The topological polar surface area (TPSA) is 70.2 Å². The Morgan fingerprint density at radius 1 is 1.32 bits per heavy atom. The van der Waals surface area contributed by atoms with Crippen molar-refractivity contribution < 1.29 is 9.18 Å². The average molecular weight is 303 g/mol. The number of nitrogens with one attached hydrogen (secondary N) is 2. The Hall–Kier alpha value is -2.70. The van der Waals surface area contributed by atoms with Crippen molar-refractivity contribution in [2.45, 2.75) is 13.5 Å². The maximum Gasteiger partial charge on any atom is 0.225 e. The van der Waals surface area contributed by atoms with Crippen LogP contribution in [0, 0.1) is 5.82 Å². The monoisotopic (exact) mass is 303 g/mol. The number of aromatic nitrogens is 2. The number of carbonyl (C=O) groups is 1. The van der Waals surface area contributed by atoms with Gasteiger partial charge in [0.15, 0.2) is 11.6 Å². The zero-order valence-electron chi connectivity index (χ0n) is 12.7. The Labute approximate surface area is 128 Å². The molecular weight excluding hydrogens is 285 g/mol. The summed E-state index contributed by atoms with van der Waals surface area (Å²) < 4.78 is 13.3. The fourth-order valence-corrected chi connectivity index (χ4v) is 1.83. The molecule has 0 bridgehead atoms. The SMILES string of the molecule is CNc1nc(NCc2ccc(N(C)C(C)=O)cc2)ncc1F. The highest BCUT2D eigenvalue weighted by molar-refractivity contribution is 5.90. The molecule has 116 valence electrons. The van der Waals surface area contributed by atoms with Crippen molar-refractivity contribution in [1.82, 2.24) is 9.97 Å². The quantitative estimate of drug-likeness (QED) is 0.886. The summed E-state index contributed by atoms with van der Waals surface area (Å²) in [5, 5.41) is 5.69. The first-order valence-corrected chi connectivity index (χ1v) is 6.78. The van der Waals surface area contributed by atoms with Gasteiger partial charge in [-0.3, -0.25) is 4.79 Å². The van der Waals surface area contributed by atoms with E-state index in [0.29, 0.717) is 12.5 Å². The van der Waals surface area contributed by atoms with Gasteiger partial charge in [-0.25, -0.2) is 9.37 Å². The molecule has 0 fully saturated rings. The van der Waals surface area contributed by atoms with Crippen LogP contribution in [0.3, 0.4) is 0 Å². The van der Waals surface area contributed by atoms with Crippen molar-refractivity contribution in [3.63, 3.8) is 0 Å². The molecule has 2 aromatic rings. The Kier molecular flexibility index (Phi) is 4.88. The predicted octanol–water partition coefficient (Wildman–Crippen LogP) is 2.25. The van der Waals surface area contributed by atoms with E-state index in [1.807, 2.05) is 24.3 Å². The molecular formula is C15H18FN5O. The summed E-state index contributed by atoms with van der Waals surface area (Å²) in [4.78, 5) is 20.8. The molecule has 2 rings (SSSR count). The van der Waals surface area contributed by atoms with Gasteiger partial charge in [-0.15, -0.1) is 0 Å². The van der Waals surface area contributed by atoms with Gasteiger partial charge < -0.3 is 15.5 Å². The molecule has 0 saturated carbocycles. The van der Waals surface area contributed by atoms with Crippen LogP contribution in [0.2, 0.25) is 0 Å². The lowest BCUT2D eigenvalue weighted by molar-refractivity contribution is -0.116. The summed E-state index contributed by atoms with van der Waals surface area (Å²) in [6, 6.07) is 7.54. The highest BCUT2D eigenvalue weighted by atomic mass is 19.1. The lowest BCUT2D eigenvalue weighted by atomic mass is 10.2. The molecule has 22 heavy (non-hydrogen) atoms. The number of benzene rings is 1. The number of carbonyl (C=O) groups excluding carboxylic acids is 1. The lowest BCUT2D eigenvalue weighted by Crippen LogP contribution is -2.22. The zero-order valence-corrected chi connectivity index (χ0v) is 12.7. The number of hydrogen-bond acceptors (Lipinski definition) is 5. The van der Waals surface area contributed by atoms with Crippen LogP contribution >= 0.6 is 0 Å². The molecule has 7 heteroatoms. The number of hydrogen-bond donors (Lipinski definition) is 2. The number of anilines is 3. The predicted molar refractivity (Wildman–Crippen MR) is 84.4 cm³/mol. The highest BCUT2D eigenvalue weighted by Crippen LogP contribution is 2.15. The molecule has 0 saturated heterocycles. The molecule has 6 nitrogen and oxygen atoms in total. The molecule has 2 N–H and O–H groups in total. The first-order chi connectivity index (χ1) is 10.5. The molecule has 0 radical (unpaired) electrons. The molecule has 0 atom stereocenters. The maximum absolute atomic E-state index is 13.3. The summed E-state index contributed by atoms with van der Waals surface area (Å²) in [5.41, 5.74) is 1.83. The Bertz CT molecular complexity index is 659. The molecule has 0 unspecified atom stereocenters. The van der Waals surface area contributed by atoms with Gasteiger partial charge in [-0.2, -0.15) is 4.98 Å². The minimum absolute atomic E-state index is 0.0230. The lowest BCUT2D eigenvalue weighted by Gasteiger charge is -2.15. The van der Waals surface area contributed by atoms with Crippen LogP contribution in [0.15, 0.2) is 30.5 Å². The third kappa shape index (κ3) is 3.69. The fourth-order valence-electron chi connectivity index (χ4n) is 1.83. The summed E-state index contributed by atoms with van der Waals surface area (Å²) in [6.07, 6.45) is 1.12. The molecule has 0 aliphatic rings. The van der Waals surface area contributed by atoms with Crippen LogP contribution in [0.25, 0.3) is 0 Å². The first-order valence-electron chi connectivity index (χ1n) is 6.78. The normalized spacial score (nSPS) is 10.2. The van der Waals surface area contributed by atoms with Gasteiger partial charge in [0, 0.05) is 33.3 Å². The second kappa shape index (κ2) is 6.84. The number of nitrogens with zero attached hydrogens (tertiary/aromatic N) is 3. The van der Waals surface area contributed by atoms with E-state index in [-0.39, 0.29) is 11.7 Å². The summed E-state index contributed by atoms with van der Waals surface area (Å²) >= 11 is 0.